The number of nitrogens with two attached hydrogens (primary N) is 1. The van der Waals surface area contributed by atoms with Gasteiger partial charge in [0.25, 0.3) is 5.91 Å². The first-order chi connectivity index (χ1) is 20.3. The Morgan fingerprint density at radius 3 is 2.57 bits per heavy atom. The molecule has 216 valence electrons. The fourth-order valence-electron chi connectivity index (χ4n) is 5.15. The summed E-state index contributed by atoms with van der Waals surface area (Å²) in [5.74, 6) is 4.84. The van der Waals surface area contributed by atoms with E-state index in [1.165, 1.54) is 5.94 Å². The zero-order chi connectivity index (χ0) is 30.1. The number of carbonyl (C=O) groups excluding carboxylic acids is 4. The highest BCUT2D eigenvalue weighted by Gasteiger charge is 2.33. The van der Waals surface area contributed by atoms with Crippen LogP contribution in [0.5, 0.6) is 0 Å². The van der Waals surface area contributed by atoms with Gasteiger partial charge in [0.1, 0.15) is 0 Å². The molecule has 0 radical (unpaired) electrons. The Labute approximate surface area is 243 Å². The van der Waals surface area contributed by atoms with Gasteiger partial charge in [0.15, 0.2) is 12.0 Å². The third-order valence-electron chi connectivity index (χ3n) is 7.37. The zero-order valence-electron chi connectivity index (χ0n) is 23.6. The Morgan fingerprint density at radius 1 is 1.14 bits per heavy atom. The summed E-state index contributed by atoms with van der Waals surface area (Å²) in [6.07, 6.45) is 1.17. The second kappa shape index (κ2) is 14.0. The Morgan fingerprint density at radius 2 is 1.86 bits per heavy atom. The molecular weight excluding hydrogens is 536 g/mol. The van der Waals surface area contributed by atoms with E-state index in [1.54, 1.807) is 4.90 Å². The number of piperidine rings is 1. The predicted octanol–water partition coefficient (Wildman–Crippen LogP) is 3.41. The molecule has 1 fully saturated rings. The quantitative estimate of drug-likeness (QED) is 0.236. The van der Waals surface area contributed by atoms with Gasteiger partial charge in [-0.15, -0.1) is 0 Å². The van der Waals surface area contributed by atoms with Crippen molar-refractivity contribution >= 4 is 47.1 Å². The van der Waals surface area contributed by atoms with Crippen LogP contribution in [0.25, 0.3) is 0 Å². The van der Waals surface area contributed by atoms with Crippen molar-refractivity contribution in [3.63, 3.8) is 0 Å². The molecule has 11 heteroatoms. The maximum Gasteiger partial charge on any atom is 0.410 e. The van der Waals surface area contributed by atoms with Gasteiger partial charge in [-0.3, -0.25) is 4.79 Å². The fraction of sp³-hybridized carbons (Fsp3) is 0.355. The van der Waals surface area contributed by atoms with Gasteiger partial charge < -0.3 is 25.6 Å². The van der Waals surface area contributed by atoms with Crippen LogP contribution in [0.2, 0.25) is 0 Å². The molecule has 2 aromatic rings. The zero-order valence-corrected chi connectivity index (χ0v) is 23.6. The molecule has 0 unspecified atom stereocenters. The van der Waals surface area contributed by atoms with Gasteiger partial charge in [0, 0.05) is 49.3 Å². The van der Waals surface area contributed by atoms with Crippen LogP contribution in [0.15, 0.2) is 58.3 Å². The van der Waals surface area contributed by atoms with Crippen molar-refractivity contribution in [2.24, 2.45) is 9.98 Å². The lowest BCUT2D eigenvalue weighted by Gasteiger charge is -2.37. The molecule has 0 spiro atoms. The lowest BCUT2D eigenvalue weighted by molar-refractivity contribution is -0.126. The van der Waals surface area contributed by atoms with E-state index in [4.69, 9.17) is 10.5 Å². The molecule has 4 amide bonds. The molecule has 1 atom stereocenters. The van der Waals surface area contributed by atoms with Gasteiger partial charge in [0.2, 0.25) is 0 Å². The van der Waals surface area contributed by atoms with Crippen LogP contribution in [-0.4, -0.2) is 77.3 Å². The molecule has 2 aromatic carbocycles. The first kappa shape index (κ1) is 29.8. The van der Waals surface area contributed by atoms with Crippen LogP contribution in [-0.2, 0) is 27.2 Å². The minimum absolute atomic E-state index is 0.0280. The van der Waals surface area contributed by atoms with E-state index >= 15 is 0 Å². The highest BCUT2D eigenvalue weighted by Crippen LogP contribution is 2.25. The Kier molecular flexibility index (Phi) is 9.90. The molecule has 0 aromatic heterocycles. The average Bonchev–Trinajstić information content (AvgIpc) is 3.15. The summed E-state index contributed by atoms with van der Waals surface area (Å²) in [7, 11) is 0. The van der Waals surface area contributed by atoms with Gasteiger partial charge in [-0.25, -0.2) is 14.4 Å². The number of nitrogen functional groups attached to an aromatic ring is 1. The number of anilines is 2. The van der Waals surface area contributed by atoms with Crippen molar-refractivity contribution in [3.05, 3.63) is 70.6 Å². The van der Waals surface area contributed by atoms with Gasteiger partial charge in [-0.05, 0) is 67.2 Å². The topological polar surface area (TPSA) is 147 Å². The molecule has 2 aliphatic heterocycles. The van der Waals surface area contributed by atoms with Crippen molar-refractivity contribution in [2.45, 2.75) is 51.7 Å². The predicted molar refractivity (Wildman–Crippen MR) is 158 cm³/mol. The Bertz CT molecular complexity index is 1530. The van der Waals surface area contributed by atoms with Crippen LogP contribution in [0.4, 0.5) is 21.0 Å². The number of para-hydroxylation sites is 1. The molecule has 2 heterocycles. The summed E-state index contributed by atoms with van der Waals surface area (Å²) in [5.41, 5.74) is 13.5. The average molecular weight is 569 g/mol. The number of benzene rings is 2. The van der Waals surface area contributed by atoms with Crippen molar-refractivity contribution < 1.29 is 23.9 Å². The monoisotopic (exact) mass is 568 g/mol. The van der Waals surface area contributed by atoms with Gasteiger partial charge >= 0.3 is 12.1 Å². The number of aliphatic imine (C=N–C) groups is 2. The van der Waals surface area contributed by atoms with E-state index in [0.29, 0.717) is 38.2 Å². The number of amides is 4. The van der Waals surface area contributed by atoms with Crippen LogP contribution in [0.3, 0.4) is 0 Å². The summed E-state index contributed by atoms with van der Waals surface area (Å²) in [4.78, 5) is 59.7. The van der Waals surface area contributed by atoms with Crippen molar-refractivity contribution in [2.75, 3.05) is 30.7 Å². The highest BCUT2D eigenvalue weighted by molar-refractivity contribution is 5.91. The van der Waals surface area contributed by atoms with Gasteiger partial charge in [-0.1, -0.05) is 30.3 Å². The standard InChI is InChI=1S/C31H32N6O5/c1-21-18-23(19-22(2)28(21)32)20-27(29(39)34-12-5-11-33-13-17-38)42-31(41)36-14-9-25(10-15-36)37-16-8-24-6-3-4-7-26(24)35-30(37)40/h3-4,6-7,11,18-19,25,27H,8-10,14-16,20,32H2,1-2H3,(H,35,40)/t27-/m1/s1. The number of carbonyl (C=O) groups is 3. The number of hydrogen-bond acceptors (Lipinski definition) is 7. The fourth-order valence-corrected chi connectivity index (χ4v) is 5.15. The molecule has 1 saturated heterocycles. The Hall–Kier alpha value is -5.16. The summed E-state index contributed by atoms with van der Waals surface area (Å²) in [6, 6.07) is 11.3. The minimum Gasteiger partial charge on any atom is -0.435 e. The molecular formula is C31H32N6O5. The summed E-state index contributed by atoms with van der Waals surface area (Å²) in [6.45, 7) is 5.06. The molecule has 2 aliphatic rings. The third-order valence-corrected chi connectivity index (χ3v) is 7.37. The van der Waals surface area contributed by atoms with E-state index in [1.807, 2.05) is 61.0 Å². The number of nitrogens with zero attached hydrogens (tertiary/aromatic N) is 4. The highest BCUT2D eigenvalue weighted by atomic mass is 16.6. The van der Waals surface area contributed by atoms with E-state index in [-0.39, 0.29) is 18.5 Å². The van der Waals surface area contributed by atoms with E-state index in [2.05, 4.69) is 26.9 Å². The summed E-state index contributed by atoms with van der Waals surface area (Å²) >= 11 is 0. The molecule has 0 bridgehead atoms. The lowest BCUT2D eigenvalue weighted by atomic mass is 10.00. The number of nitrogens with one attached hydrogen (secondary N) is 1. The van der Waals surface area contributed by atoms with E-state index in [0.717, 1.165) is 40.6 Å². The SMILES string of the molecule is Cc1cc(C[C@@H](OC(=O)N2CCC(N3CCc4ccccc4NC3=O)CC2)C(=O)N=C=C=CN=C=C=O)cc(C)c1N. The summed E-state index contributed by atoms with van der Waals surface area (Å²) < 4.78 is 5.68. The maximum atomic E-state index is 13.2. The molecule has 0 saturated carbocycles. The van der Waals surface area contributed by atoms with Gasteiger partial charge in [0.05, 0.1) is 12.1 Å². The number of ether oxygens (including phenoxy) is 1. The van der Waals surface area contributed by atoms with Crippen LogP contribution in [0.1, 0.15) is 35.1 Å². The Balaban J connectivity index is 1.43. The first-order valence-electron chi connectivity index (χ1n) is 13.6. The molecule has 4 rings (SSSR count). The van der Waals surface area contributed by atoms with E-state index in [9.17, 15) is 19.2 Å². The van der Waals surface area contributed by atoms with Crippen molar-refractivity contribution in [3.8, 4) is 0 Å². The number of urea groups is 1. The molecule has 11 nitrogen and oxygen atoms in total. The normalized spacial score (nSPS) is 15.3. The number of aryl methyl sites for hydroxylation is 2. The van der Waals surface area contributed by atoms with E-state index < -0.39 is 18.1 Å². The summed E-state index contributed by atoms with van der Waals surface area (Å²) in [5, 5.41) is 2.99. The smallest absolute Gasteiger partial charge is 0.410 e. The molecule has 0 aliphatic carbocycles. The van der Waals surface area contributed by atoms with Crippen LogP contribution < -0.4 is 11.1 Å². The first-order valence-corrected chi connectivity index (χ1v) is 13.6. The van der Waals surface area contributed by atoms with Crippen LogP contribution >= 0.6 is 0 Å². The van der Waals surface area contributed by atoms with Crippen molar-refractivity contribution in [1.29, 1.82) is 0 Å². The van der Waals surface area contributed by atoms with Crippen molar-refractivity contribution in [1.82, 2.24) is 9.80 Å². The second-order valence-electron chi connectivity index (χ2n) is 10.1. The number of likely N-dealkylation sites (tertiary alicyclic amines) is 1. The van der Waals surface area contributed by atoms with Gasteiger partial charge in [-0.2, -0.15) is 9.98 Å². The largest absolute Gasteiger partial charge is 0.435 e. The third kappa shape index (κ3) is 7.52. The number of rotatable bonds is 6. The number of fused-ring (bicyclic) bond motifs is 1. The van der Waals surface area contributed by atoms with Crippen LogP contribution in [0, 0.1) is 13.8 Å². The lowest BCUT2D eigenvalue weighted by Crippen LogP contribution is -2.50. The number of hydrogen-bond donors (Lipinski definition) is 2. The molecule has 42 heavy (non-hydrogen) atoms. The maximum absolute atomic E-state index is 13.2. The minimum atomic E-state index is -1.22. The second-order valence-corrected chi connectivity index (χ2v) is 10.1. The molecule has 3 N–H and O–H groups in total.